The third kappa shape index (κ3) is 2.60. The highest BCUT2D eigenvalue weighted by Crippen LogP contribution is 2.17. The van der Waals surface area contributed by atoms with Gasteiger partial charge >= 0.3 is 0 Å². The lowest BCUT2D eigenvalue weighted by molar-refractivity contribution is 0.112. The van der Waals surface area contributed by atoms with Gasteiger partial charge in [-0.15, -0.1) is 0 Å². The van der Waals surface area contributed by atoms with Crippen LogP contribution < -0.4 is 4.74 Å². The van der Waals surface area contributed by atoms with E-state index in [1.54, 1.807) is 6.07 Å². The van der Waals surface area contributed by atoms with E-state index in [0.29, 0.717) is 17.9 Å². The first-order valence-electron chi connectivity index (χ1n) is 5.43. The fraction of sp³-hybridized carbons (Fsp3) is 0.214. The highest BCUT2D eigenvalue weighted by atomic mass is 16.5. The second-order valence-corrected chi connectivity index (χ2v) is 3.70. The Labute approximate surface area is 95.2 Å². The molecule has 0 radical (unpaired) electrons. The number of carbonyl (C=O) groups excluding carboxylic acids is 1. The number of rotatable bonds is 4. The maximum absolute atomic E-state index is 10.8. The van der Waals surface area contributed by atoms with E-state index < -0.39 is 0 Å². The lowest BCUT2D eigenvalue weighted by Gasteiger charge is -2.10. The molecule has 0 atom stereocenters. The fourth-order valence-corrected chi connectivity index (χ4v) is 1.65. The number of allylic oxidation sites excluding steroid dienone is 2. The monoisotopic (exact) mass is 214 g/mol. The predicted molar refractivity (Wildman–Crippen MR) is 63.8 cm³/mol. The molecule has 0 heterocycles. The van der Waals surface area contributed by atoms with Crippen LogP contribution in [0.25, 0.3) is 0 Å². The molecule has 16 heavy (non-hydrogen) atoms. The van der Waals surface area contributed by atoms with Crippen molar-refractivity contribution >= 4 is 6.29 Å². The smallest absolute Gasteiger partial charge is 0.153 e. The van der Waals surface area contributed by atoms with Gasteiger partial charge < -0.3 is 4.74 Å². The summed E-state index contributed by atoms with van der Waals surface area (Å²) >= 11 is 0. The molecule has 1 aliphatic rings. The Balaban J connectivity index is 2.01. The lowest BCUT2D eigenvalue weighted by Crippen LogP contribution is -2.02. The highest BCUT2D eigenvalue weighted by Gasteiger charge is 2.03. The van der Waals surface area contributed by atoms with Crippen LogP contribution in [-0.4, -0.2) is 12.9 Å². The van der Waals surface area contributed by atoms with Crippen LogP contribution in [0.5, 0.6) is 5.75 Å². The van der Waals surface area contributed by atoms with E-state index >= 15 is 0 Å². The molecular formula is C14H14O2. The van der Waals surface area contributed by atoms with Crippen molar-refractivity contribution in [3.8, 4) is 5.75 Å². The van der Waals surface area contributed by atoms with Crippen LogP contribution in [0.1, 0.15) is 23.2 Å². The molecule has 0 aliphatic heterocycles. The van der Waals surface area contributed by atoms with Crippen molar-refractivity contribution in [2.24, 2.45) is 0 Å². The van der Waals surface area contributed by atoms with Crippen LogP contribution >= 0.6 is 0 Å². The molecule has 1 aliphatic carbocycles. The Morgan fingerprint density at radius 3 is 2.88 bits per heavy atom. The molecule has 2 heteroatoms. The minimum absolute atomic E-state index is 0.529. The lowest BCUT2D eigenvalue weighted by atomic mass is 10.1. The van der Waals surface area contributed by atoms with Gasteiger partial charge in [0.2, 0.25) is 0 Å². The summed E-state index contributed by atoms with van der Waals surface area (Å²) in [7, 11) is 0. The zero-order valence-corrected chi connectivity index (χ0v) is 9.06. The Bertz CT molecular complexity index is 430. The summed E-state index contributed by atoms with van der Waals surface area (Å²) in [6.45, 7) is 0.529. The van der Waals surface area contributed by atoms with Crippen LogP contribution in [0.15, 0.2) is 48.1 Å². The molecule has 0 fully saturated rings. The van der Waals surface area contributed by atoms with Crippen molar-refractivity contribution < 1.29 is 9.53 Å². The molecular weight excluding hydrogens is 200 g/mol. The van der Waals surface area contributed by atoms with E-state index in [1.165, 1.54) is 5.57 Å². The molecule has 1 aromatic rings. The first-order chi connectivity index (χ1) is 7.90. The Morgan fingerprint density at radius 2 is 2.12 bits per heavy atom. The van der Waals surface area contributed by atoms with E-state index in [0.717, 1.165) is 19.1 Å². The van der Waals surface area contributed by atoms with Gasteiger partial charge in [0.05, 0.1) is 5.56 Å². The summed E-state index contributed by atoms with van der Waals surface area (Å²) in [5, 5.41) is 0. The molecule has 0 bridgehead atoms. The van der Waals surface area contributed by atoms with E-state index in [9.17, 15) is 4.79 Å². The Morgan fingerprint density at radius 1 is 1.25 bits per heavy atom. The number of ether oxygens (including phenoxy) is 1. The molecule has 0 spiro atoms. The maximum atomic E-state index is 10.8. The molecule has 0 aromatic heterocycles. The number of para-hydroxylation sites is 1. The quantitative estimate of drug-likeness (QED) is 0.720. The standard InChI is InChI=1S/C14H14O2/c15-10-13-8-4-5-9-14(13)16-11-12-6-2-1-3-7-12/h2,4-10H,1,3,11H2. The summed E-state index contributed by atoms with van der Waals surface area (Å²) < 4.78 is 5.62. The highest BCUT2D eigenvalue weighted by molar-refractivity contribution is 5.79. The number of hydrogen-bond donors (Lipinski definition) is 0. The minimum atomic E-state index is 0.529. The first kappa shape index (κ1) is 10.7. The van der Waals surface area contributed by atoms with Crippen molar-refractivity contribution in [2.75, 3.05) is 6.61 Å². The average Bonchev–Trinajstić information content (AvgIpc) is 2.38. The van der Waals surface area contributed by atoms with Crippen LogP contribution in [0.2, 0.25) is 0 Å². The van der Waals surface area contributed by atoms with Crippen LogP contribution in [-0.2, 0) is 0 Å². The van der Waals surface area contributed by atoms with Gasteiger partial charge in [0.15, 0.2) is 6.29 Å². The number of hydrogen-bond acceptors (Lipinski definition) is 2. The van der Waals surface area contributed by atoms with Gasteiger partial charge in [-0.05, 0) is 30.5 Å². The van der Waals surface area contributed by atoms with Crippen molar-refractivity contribution in [1.29, 1.82) is 0 Å². The summed E-state index contributed by atoms with van der Waals surface area (Å²) in [6.07, 6.45) is 9.39. The maximum Gasteiger partial charge on any atom is 0.153 e. The SMILES string of the molecule is O=Cc1ccccc1OCC1=CCCC=C1. The fourth-order valence-electron chi connectivity index (χ4n) is 1.65. The third-order valence-corrected chi connectivity index (χ3v) is 2.51. The van der Waals surface area contributed by atoms with Gasteiger partial charge in [-0.25, -0.2) is 0 Å². The second-order valence-electron chi connectivity index (χ2n) is 3.70. The Kier molecular flexibility index (Phi) is 3.54. The minimum Gasteiger partial charge on any atom is -0.488 e. The van der Waals surface area contributed by atoms with Crippen molar-refractivity contribution in [3.63, 3.8) is 0 Å². The van der Waals surface area contributed by atoms with Gasteiger partial charge in [-0.3, -0.25) is 4.79 Å². The summed E-state index contributed by atoms with van der Waals surface area (Å²) in [5.41, 5.74) is 1.77. The molecule has 2 rings (SSSR count). The second kappa shape index (κ2) is 5.31. The largest absolute Gasteiger partial charge is 0.488 e. The average molecular weight is 214 g/mol. The third-order valence-electron chi connectivity index (χ3n) is 2.51. The number of benzene rings is 1. The summed E-state index contributed by atoms with van der Waals surface area (Å²) in [4.78, 5) is 10.8. The van der Waals surface area contributed by atoms with Crippen molar-refractivity contribution in [2.45, 2.75) is 12.8 Å². The molecule has 0 amide bonds. The van der Waals surface area contributed by atoms with Gasteiger partial charge in [0, 0.05) is 0 Å². The zero-order valence-electron chi connectivity index (χ0n) is 9.06. The van der Waals surface area contributed by atoms with Gasteiger partial charge in [0.1, 0.15) is 12.4 Å². The molecule has 1 aromatic carbocycles. The molecule has 0 saturated heterocycles. The number of carbonyl (C=O) groups is 1. The molecule has 82 valence electrons. The van der Waals surface area contributed by atoms with E-state index in [1.807, 2.05) is 18.2 Å². The van der Waals surface area contributed by atoms with E-state index in [-0.39, 0.29) is 0 Å². The van der Waals surface area contributed by atoms with Crippen LogP contribution in [0, 0.1) is 0 Å². The number of aldehydes is 1. The molecule has 0 N–H and O–H groups in total. The molecule has 0 saturated carbocycles. The normalized spacial score (nSPS) is 14.4. The molecule has 0 unspecified atom stereocenters. The van der Waals surface area contributed by atoms with Crippen molar-refractivity contribution in [1.82, 2.24) is 0 Å². The topological polar surface area (TPSA) is 26.3 Å². The van der Waals surface area contributed by atoms with Gasteiger partial charge in [-0.2, -0.15) is 0 Å². The van der Waals surface area contributed by atoms with E-state index in [2.05, 4.69) is 18.2 Å². The molecule has 2 nitrogen and oxygen atoms in total. The summed E-state index contributed by atoms with van der Waals surface area (Å²) in [6, 6.07) is 7.27. The van der Waals surface area contributed by atoms with Crippen LogP contribution in [0.4, 0.5) is 0 Å². The zero-order chi connectivity index (χ0) is 11.2. The first-order valence-corrected chi connectivity index (χ1v) is 5.43. The Hall–Kier alpha value is -1.83. The predicted octanol–water partition coefficient (Wildman–Crippen LogP) is 3.15. The summed E-state index contributed by atoms with van der Waals surface area (Å²) in [5.74, 6) is 0.650. The van der Waals surface area contributed by atoms with Crippen LogP contribution in [0.3, 0.4) is 0 Å². The van der Waals surface area contributed by atoms with Gasteiger partial charge in [0.25, 0.3) is 0 Å². The van der Waals surface area contributed by atoms with Gasteiger partial charge in [-0.1, -0.05) is 30.4 Å². The van der Waals surface area contributed by atoms with Crippen molar-refractivity contribution in [3.05, 3.63) is 53.6 Å². The van der Waals surface area contributed by atoms with E-state index in [4.69, 9.17) is 4.74 Å².